The highest BCUT2D eigenvalue weighted by Crippen LogP contribution is 2.19. The quantitative estimate of drug-likeness (QED) is 0.835. The van der Waals surface area contributed by atoms with E-state index in [1.165, 1.54) is 48.5 Å². The van der Waals surface area contributed by atoms with Crippen LogP contribution in [0.25, 0.3) is 0 Å². The molecule has 0 atom stereocenters. The van der Waals surface area contributed by atoms with Crippen molar-refractivity contribution in [3.63, 3.8) is 0 Å². The number of rotatable bonds is 5. The maximum Gasteiger partial charge on any atom is 0.0300 e. The Bertz CT molecular complexity index is 356. The van der Waals surface area contributed by atoms with Crippen LogP contribution in [0.15, 0.2) is 15.9 Å². The maximum absolute atomic E-state index is 3.53. The number of likely N-dealkylation sites (N-methyl/N-ethyl adjacent to an activating group) is 1. The van der Waals surface area contributed by atoms with Crippen LogP contribution in [0.4, 0.5) is 0 Å². The maximum atomic E-state index is 3.53. The molecule has 1 aliphatic heterocycles. The molecular weight excluding hydrogens is 310 g/mol. The summed E-state index contributed by atoms with van der Waals surface area (Å²) in [5.41, 5.74) is 0. The molecule has 0 spiro atoms. The molecule has 0 saturated carbocycles. The van der Waals surface area contributed by atoms with Crippen molar-refractivity contribution in [2.45, 2.75) is 13.0 Å². The summed E-state index contributed by atoms with van der Waals surface area (Å²) in [6.45, 7) is 8.15. The summed E-state index contributed by atoms with van der Waals surface area (Å²) in [6, 6.07) is 2.19. The Balaban J connectivity index is 1.60. The first-order valence-electron chi connectivity index (χ1n) is 6.58. The minimum atomic E-state index is 0.990. The zero-order chi connectivity index (χ0) is 12.8. The van der Waals surface area contributed by atoms with Crippen LogP contribution in [0.3, 0.4) is 0 Å². The van der Waals surface area contributed by atoms with Gasteiger partial charge in [0.2, 0.25) is 0 Å². The molecule has 5 heteroatoms. The lowest BCUT2D eigenvalue weighted by Crippen LogP contribution is -2.34. The summed E-state index contributed by atoms with van der Waals surface area (Å²) < 4.78 is 1.19. The van der Waals surface area contributed by atoms with Crippen molar-refractivity contribution in [2.75, 3.05) is 46.3 Å². The van der Waals surface area contributed by atoms with Gasteiger partial charge < -0.3 is 15.1 Å². The van der Waals surface area contributed by atoms with E-state index in [0.717, 1.165) is 13.1 Å². The van der Waals surface area contributed by atoms with E-state index in [4.69, 9.17) is 0 Å². The molecule has 0 aromatic carbocycles. The van der Waals surface area contributed by atoms with Gasteiger partial charge in [-0.25, -0.2) is 0 Å². The Labute approximate surface area is 122 Å². The Morgan fingerprint density at radius 2 is 2.22 bits per heavy atom. The summed E-state index contributed by atoms with van der Waals surface area (Å²) in [6.07, 6.45) is 1.30. The molecular formula is C13H22BrN3S. The highest BCUT2D eigenvalue weighted by atomic mass is 79.9. The minimum Gasteiger partial charge on any atom is -0.311 e. The van der Waals surface area contributed by atoms with Gasteiger partial charge in [-0.15, -0.1) is 11.3 Å². The predicted octanol–water partition coefficient (Wildman–Crippen LogP) is 2.24. The van der Waals surface area contributed by atoms with E-state index < -0.39 is 0 Å². The molecule has 0 radical (unpaired) electrons. The molecule has 0 bridgehead atoms. The number of thiophene rings is 1. The number of hydrogen-bond donors (Lipinski definition) is 1. The van der Waals surface area contributed by atoms with Crippen LogP contribution < -0.4 is 5.32 Å². The van der Waals surface area contributed by atoms with Gasteiger partial charge in [0, 0.05) is 47.5 Å². The van der Waals surface area contributed by atoms with E-state index in [1.54, 1.807) is 0 Å². The fourth-order valence-electron chi connectivity index (χ4n) is 2.22. The van der Waals surface area contributed by atoms with Gasteiger partial charge in [0.25, 0.3) is 0 Å². The van der Waals surface area contributed by atoms with Crippen molar-refractivity contribution >= 4 is 27.3 Å². The molecule has 2 heterocycles. The molecule has 1 aromatic rings. The van der Waals surface area contributed by atoms with Crippen LogP contribution in [0.5, 0.6) is 0 Å². The van der Waals surface area contributed by atoms with Crippen LogP contribution in [0, 0.1) is 0 Å². The van der Waals surface area contributed by atoms with E-state index in [-0.39, 0.29) is 0 Å². The zero-order valence-electron chi connectivity index (χ0n) is 11.0. The monoisotopic (exact) mass is 331 g/mol. The zero-order valence-corrected chi connectivity index (χ0v) is 13.4. The van der Waals surface area contributed by atoms with Gasteiger partial charge in [-0.05, 0) is 48.6 Å². The molecule has 102 valence electrons. The summed E-state index contributed by atoms with van der Waals surface area (Å²) in [5.74, 6) is 0. The molecule has 1 fully saturated rings. The Kier molecular flexibility index (Phi) is 6.11. The molecule has 2 rings (SSSR count). The largest absolute Gasteiger partial charge is 0.311 e. The molecule has 1 aliphatic rings. The molecule has 0 amide bonds. The van der Waals surface area contributed by atoms with Gasteiger partial charge in [-0.1, -0.05) is 0 Å². The van der Waals surface area contributed by atoms with Crippen LogP contribution in [0.2, 0.25) is 0 Å². The fraction of sp³-hybridized carbons (Fsp3) is 0.692. The van der Waals surface area contributed by atoms with E-state index in [9.17, 15) is 0 Å². The van der Waals surface area contributed by atoms with Crippen LogP contribution >= 0.6 is 27.3 Å². The molecule has 0 unspecified atom stereocenters. The smallest absolute Gasteiger partial charge is 0.0300 e. The van der Waals surface area contributed by atoms with Crippen LogP contribution in [-0.2, 0) is 6.54 Å². The van der Waals surface area contributed by atoms with Gasteiger partial charge in [-0.2, -0.15) is 0 Å². The van der Waals surface area contributed by atoms with E-state index in [0.29, 0.717) is 0 Å². The minimum absolute atomic E-state index is 0.990. The second kappa shape index (κ2) is 7.60. The van der Waals surface area contributed by atoms with Crippen LogP contribution in [-0.4, -0.2) is 56.1 Å². The molecule has 3 nitrogen and oxygen atoms in total. The average molecular weight is 332 g/mol. The molecule has 1 aromatic heterocycles. The number of nitrogens with one attached hydrogen (secondary N) is 1. The van der Waals surface area contributed by atoms with Gasteiger partial charge in [0.05, 0.1) is 0 Å². The van der Waals surface area contributed by atoms with E-state index in [1.807, 2.05) is 11.3 Å². The second-order valence-electron chi connectivity index (χ2n) is 4.91. The van der Waals surface area contributed by atoms with Crippen molar-refractivity contribution < 1.29 is 0 Å². The van der Waals surface area contributed by atoms with Crippen molar-refractivity contribution in [2.24, 2.45) is 0 Å². The summed E-state index contributed by atoms with van der Waals surface area (Å²) in [7, 11) is 2.22. The van der Waals surface area contributed by atoms with E-state index >= 15 is 0 Å². The highest BCUT2D eigenvalue weighted by Gasteiger charge is 2.10. The average Bonchev–Trinajstić information content (AvgIpc) is 2.65. The first-order valence-corrected chi connectivity index (χ1v) is 8.26. The summed E-state index contributed by atoms with van der Waals surface area (Å²) in [5, 5.41) is 5.67. The molecule has 1 saturated heterocycles. The van der Waals surface area contributed by atoms with Crippen molar-refractivity contribution in [1.82, 2.24) is 15.1 Å². The third-order valence-electron chi connectivity index (χ3n) is 3.34. The Morgan fingerprint density at radius 1 is 1.33 bits per heavy atom. The lowest BCUT2D eigenvalue weighted by molar-refractivity contribution is 0.276. The molecule has 0 aliphatic carbocycles. The SMILES string of the molecule is CN1CCCN(CCNCc2cc(Br)cs2)CC1. The van der Waals surface area contributed by atoms with Crippen molar-refractivity contribution in [3.8, 4) is 0 Å². The Hall–Kier alpha value is 0.0600. The third kappa shape index (κ3) is 4.97. The summed E-state index contributed by atoms with van der Waals surface area (Å²) >= 11 is 5.30. The number of nitrogens with zero attached hydrogens (tertiary/aromatic N) is 2. The predicted molar refractivity (Wildman–Crippen MR) is 82.3 cm³/mol. The normalized spacial score (nSPS) is 19.0. The molecule has 18 heavy (non-hydrogen) atoms. The van der Waals surface area contributed by atoms with E-state index in [2.05, 4.69) is 49.5 Å². The first kappa shape index (κ1) is 14.5. The number of hydrogen-bond acceptors (Lipinski definition) is 4. The first-order chi connectivity index (χ1) is 8.74. The number of halogens is 1. The lowest BCUT2D eigenvalue weighted by Gasteiger charge is -2.20. The molecule has 1 N–H and O–H groups in total. The summed E-state index contributed by atoms with van der Waals surface area (Å²) in [4.78, 5) is 6.40. The van der Waals surface area contributed by atoms with Crippen LogP contribution in [0.1, 0.15) is 11.3 Å². The lowest BCUT2D eigenvalue weighted by atomic mass is 10.4. The Morgan fingerprint density at radius 3 is 3.00 bits per heavy atom. The fourth-order valence-corrected chi connectivity index (χ4v) is 3.64. The van der Waals surface area contributed by atoms with Crippen molar-refractivity contribution in [1.29, 1.82) is 0 Å². The third-order valence-corrected chi connectivity index (χ3v) is 5.04. The van der Waals surface area contributed by atoms with Crippen molar-refractivity contribution in [3.05, 3.63) is 20.8 Å². The highest BCUT2D eigenvalue weighted by molar-refractivity contribution is 9.10. The van der Waals surface area contributed by atoms with Gasteiger partial charge >= 0.3 is 0 Å². The van der Waals surface area contributed by atoms with Gasteiger partial charge in [-0.3, -0.25) is 0 Å². The second-order valence-corrected chi connectivity index (χ2v) is 6.82. The standard InChI is InChI=1S/C13H22BrN3S/c1-16-4-2-5-17(8-7-16)6-3-15-10-13-9-12(14)11-18-13/h9,11,15H,2-8,10H2,1H3. The van der Waals surface area contributed by atoms with Gasteiger partial charge in [0.15, 0.2) is 0 Å². The van der Waals surface area contributed by atoms with Gasteiger partial charge in [0.1, 0.15) is 0 Å². The topological polar surface area (TPSA) is 18.5 Å².